The molecule has 71 heavy (non-hydrogen) atoms. The van der Waals surface area contributed by atoms with Crippen molar-refractivity contribution in [3.8, 4) is 23.0 Å². The van der Waals surface area contributed by atoms with Crippen LogP contribution in [0.1, 0.15) is 128 Å². The van der Waals surface area contributed by atoms with E-state index in [0.717, 1.165) is 86.5 Å². The maximum atomic E-state index is 13.9. The fourth-order valence-electron chi connectivity index (χ4n) is 9.24. The van der Waals surface area contributed by atoms with Crippen LogP contribution < -0.4 is 28.7 Å². The number of aryl methyl sites for hydroxylation is 2. The molecule has 6 aromatic rings. The highest BCUT2D eigenvalue weighted by atomic mass is 16.5. The van der Waals surface area contributed by atoms with Gasteiger partial charge in [0.15, 0.2) is 6.23 Å². The first-order valence-electron chi connectivity index (χ1n) is 24.9. The third kappa shape index (κ3) is 10.8. The monoisotopic (exact) mass is 966 g/mol. The van der Waals surface area contributed by atoms with Crippen LogP contribution in [0.4, 0.5) is 11.4 Å². The van der Waals surface area contributed by atoms with Crippen LogP contribution >= 0.6 is 0 Å². The van der Waals surface area contributed by atoms with Gasteiger partial charge in [-0.2, -0.15) is 0 Å². The van der Waals surface area contributed by atoms with Gasteiger partial charge in [0.25, 0.3) is 11.8 Å². The van der Waals surface area contributed by atoms with Gasteiger partial charge in [0.1, 0.15) is 23.0 Å². The van der Waals surface area contributed by atoms with E-state index in [-0.39, 0.29) is 36.6 Å². The van der Waals surface area contributed by atoms with Crippen molar-refractivity contribution < 1.29 is 52.7 Å². The standard InChI is InChI=1S/C29H33NO6.C29H33NO5/c1-5-14-35-26-20-10-8-9-11-21(20)27(36-15-6-2)25-24(26)28(32)30(29(25)33)22-13-12-19(16-18(22)4)17-23(31)34-7-3;1-5-14-34-27-21-10-8-9-11-22(21)28(35-15-6-2)26-23(27)18-30(29(26)32)24-13-12-20(16-19(24)4)17-25(31)33-7-3/h8-13,16,28,32H,5-7,14-15,17H2,1-4H3;8-13,16H,5-7,14-15,17-18H2,1-4H3. The molecule has 8 rings (SSSR count). The van der Waals surface area contributed by atoms with E-state index in [4.69, 9.17) is 28.4 Å². The van der Waals surface area contributed by atoms with E-state index in [0.29, 0.717) is 85.8 Å². The summed E-state index contributed by atoms with van der Waals surface area (Å²) in [6.07, 6.45) is 2.37. The number of ether oxygens (including phenoxy) is 6. The molecule has 0 saturated carbocycles. The Morgan fingerprint density at radius 3 is 1.44 bits per heavy atom. The number of hydrogen-bond acceptors (Lipinski definition) is 11. The Morgan fingerprint density at radius 1 is 0.549 bits per heavy atom. The average molecular weight is 967 g/mol. The normalized spacial score (nSPS) is 13.7. The average Bonchev–Trinajstić information content (AvgIpc) is 3.83. The summed E-state index contributed by atoms with van der Waals surface area (Å²) in [5, 5.41) is 15.0. The molecule has 13 heteroatoms. The van der Waals surface area contributed by atoms with Crippen molar-refractivity contribution in [3.63, 3.8) is 0 Å². The largest absolute Gasteiger partial charge is 0.493 e. The second kappa shape index (κ2) is 23.7. The Labute approximate surface area is 416 Å². The number of aliphatic hydroxyl groups is 1. The molecule has 2 aliphatic rings. The predicted octanol–water partition coefficient (Wildman–Crippen LogP) is 11.5. The minimum atomic E-state index is -1.25. The van der Waals surface area contributed by atoms with E-state index in [1.54, 1.807) is 30.9 Å². The molecule has 2 amide bonds. The minimum absolute atomic E-state index is 0.0977. The number of hydrogen-bond donors (Lipinski definition) is 1. The molecule has 374 valence electrons. The van der Waals surface area contributed by atoms with Crippen LogP contribution in [0, 0.1) is 13.8 Å². The zero-order valence-corrected chi connectivity index (χ0v) is 42.3. The van der Waals surface area contributed by atoms with E-state index in [1.165, 1.54) is 4.90 Å². The lowest BCUT2D eigenvalue weighted by Crippen LogP contribution is -2.28. The number of amides is 2. The SMILES string of the molecule is CCCOc1c2c(c(OCCC)c3ccccc13)C(=O)N(c1ccc(CC(=O)OCC)cc1C)C2.CCCOc1c2c(c(OCCC)c3ccccc13)C(O)N(c1ccc(CC(=O)OCC)cc1C)C2=O. The van der Waals surface area contributed by atoms with Crippen molar-refractivity contribution in [1.29, 1.82) is 0 Å². The molecule has 0 aromatic heterocycles. The van der Waals surface area contributed by atoms with Crippen LogP contribution in [0.25, 0.3) is 21.5 Å². The smallest absolute Gasteiger partial charge is 0.310 e. The Hall–Kier alpha value is -7.12. The summed E-state index contributed by atoms with van der Waals surface area (Å²) in [6, 6.07) is 26.7. The van der Waals surface area contributed by atoms with Crippen molar-refractivity contribution in [2.75, 3.05) is 49.4 Å². The predicted molar refractivity (Wildman–Crippen MR) is 276 cm³/mol. The summed E-state index contributed by atoms with van der Waals surface area (Å²) in [7, 11) is 0. The first kappa shape index (κ1) is 51.7. The fourth-order valence-corrected chi connectivity index (χ4v) is 9.24. The molecule has 13 nitrogen and oxygen atoms in total. The van der Waals surface area contributed by atoms with Crippen LogP contribution in [0.15, 0.2) is 84.9 Å². The summed E-state index contributed by atoms with van der Waals surface area (Å²) < 4.78 is 34.8. The molecule has 0 spiro atoms. The lowest BCUT2D eigenvalue weighted by atomic mass is 9.98. The van der Waals surface area contributed by atoms with Gasteiger partial charge >= 0.3 is 11.9 Å². The Bertz CT molecular complexity index is 2930. The number of esters is 2. The van der Waals surface area contributed by atoms with E-state index in [1.807, 2.05) is 100 Å². The molecule has 2 aliphatic heterocycles. The summed E-state index contributed by atoms with van der Waals surface area (Å²) in [4.78, 5) is 54.8. The highest BCUT2D eigenvalue weighted by Gasteiger charge is 2.44. The molecule has 0 fully saturated rings. The molecular formula is C58H66N2O11. The van der Waals surface area contributed by atoms with Crippen molar-refractivity contribution in [1.82, 2.24) is 0 Å². The molecule has 0 saturated heterocycles. The molecule has 0 radical (unpaired) electrons. The van der Waals surface area contributed by atoms with Crippen LogP contribution in [0.5, 0.6) is 23.0 Å². The van der Waals surface area contributed by atoms with Gasteiger partial charge in [0.2, 0.25) is 0 Å². The van der Waals surface area contributed by atoms with Crippen LogP contribution in [0.3, 0.4) is 0 Å². The molecule has 0 aliphatic carbocycles. The molecule has 0 bridgehead atoms. The van der Waals surface area contributed by atoms with Gasteiger partial charge in [0, 0.05) is 38.5 Å². The minimum Gasteiger partial charge on any atom is -0.493 e. The maximum absolute atomic E-state index is 13.9. The number of rotatable bonds is 20. The Kier molecular flexibility index (Phi) is 17.2. The van der Waals surface area contributed by atoms with Gasteiger partial charge in [-0.3, -0.25) is 24.1 Å². The van der Waals surface area contributed by atoms with Crippen molar-refractivity contribution in [2.24, 2.45) is 0 Å². The summed E-state index contributed by atoms with van der Waals surface area (Å²) in [5.74, 6) is 1.35. The summed E-state index contributed by atoms with van der Waals surface area (Å²) in [6.45, 7) is 18.6. The highest BCUT2D eigenvalue weighted by molar-refractivity contribution is 6.18. The third-order valence-electron chi connectivity index (χ3n) is 12.3. The van der Waals surface area contributed by atoms with Crippen molar-refractivity contribution in [2.45, 2.75) is 107 Å². The van der Waals surface area contributed by atoms with Crippen LogP contribution in [0.2, 0.25) is 0 Å². The summed E-state index contributed by atoms with van der Waals surface area (Å²) >= 11 is 0. The first-order valence-corrected chi connectivity index (χ1v) is 24.9. The van der Waals surface area contributed by atoms with E-state index >= 15 is 0 Å². The number of anilines is 2. The van der Waals surface area contributed by atoms with Gasteiger partial charge in [-0.05, 0) is 87.8 Å². The number of aliphatic hydroxyl groups excluding tert-OH is 1. The number of nitrogens with zero attached hydrogens (tertiary/aromatic N) is 2. The molecular weight excluding hydrogens is 901 g/mol. The molecule has 1 N–H and O–H groups in total. The molecule has 6 aromatic carbocycles. The number of carbonyl (C=O) groups is 4. The Balaban J connectivity index is 0.000000209. The van der Waals surface area contributed by atoms with Crippen molar-refractivity contribution >= 4 is 56.7 Å². The third-order valence-corrected chi connectivity index (χ3v) is 12.3. The topological polar surface area (TPSA) is 150 Å². The van der Waals surface area contributed by atoms with Gasteiger partial charge in [-0.15, -0.1) is 0 Å². The number of fused-ring (bicyclic) bond motifs is 4. The van der Waals surface area contributed by atoms with Gasteiger partial charge in [0.05, 0.1) is 75.7 Å². The maximum Gasteiger partial charge on any atom is 0.310 e. The number of carbonyl (C=O) groups excluding carboxylic acids is 4. The Morgan fingerprint density at radius 2 is 0.972 bits per heavy atom. The lowest BCUT2D eigenvalue weighted by molar-refractivity contribution is -0.143. The summed E-state index contributed by atoms with van der Waals surface area (Å²) in [5.41, 5.74) is 6.88. The first-order chi connectivity index (χ1) is 34.4. The van der Waals surface area contributed by atoms with E-state index in [9.17, 15) is 24.3 Å². The van der Waals surface area contributed by atoms with Gasteiger partial charge in [-0.25, -0.2) is 0 Å². The fraction of sp³-hybridized carbons (Fsp3) is 0.379. The van der Waals surface area contributed by atoms with E-state index in [2.05, 4.69) is 13.8 Å². The quantitative estimate of drug-likeness (QED) is 0.0728. The molecule has 1 unspecified atom stereocenters. The van der Waals surface area contributed by atoms with Gasteiger partial charge in [-0.1, -0.05) is 100 Å². The second-order valence-electron chi connectivity index (χ2n) is 17.6. The van der Waals surface area contributed by atoms with Crippen molar-refractivity contribution in [3.05, 3.63) is 129 Å². The van der Waals surface area contributed by atoms with Gasteiger partial charge < -0.3 is 38.4 Å². The zero-order chi connectivity index (χ0) is 50.8. The van der Waals surface area contributed by atoms with Crippen LogP contribution in [-0.4, -0.2) is 68.5 Å². The molecule has 1 atom stereocenters. The lowest BCUT2D eigenvalue weighted by Gasteiger charge is -2.24. The van der Waals surface area contributed by atoms with E-state index < -0.39 is 6.23 Å². The second-order valence-corrected chi connectivity index (χ2v) is 17.6. The highest BCUT2D eigenvalue weighted by Crippen LogP contribution is 2.51. The number of benzene rings is 6. The molecule has 2 heterocycles. The van der Waals surface area contributed by atoms with Crippen LogP contribution in [-0.2, 0) is 38.4 Å². The zero-order valence-electron chi connectivity index (χ0n) is 42.3.